The molecule has 0 aliphatic heterocycles. The molecule has 11 heteroatoms. The van der Waals surface area contributed by atoms with Crippen LogP contribution in [-0.2, 0) is 16.5 Å². The molecule has 0 amide bonds. The van der Waals surface area contributed by atoms with Gasteiger partial charge in [0.25, 0.3) is 0 Å². The molecule has 0 N–H and O–H groups in total. The molecule has 1 aromatic carbocycles. The lowest BCUT2D eigenvalue weighted by atomic mass is 9.81. The fourth-order valence-electron chi connectivity index (χ4n) is 2.40. The van der Waals surface area contributed by atoms with Gasteiger partial charge in [0.2, 0.25) is 0 Å². The highest BCUT2D eigenvalue weighted by Gasteiger charge is 2.48. The minimum atomic E-state index is -5.86. The molecule has 0 heterocycles. The van der Waals surface area contributed by atoms with Crippen LogP contribution in [0.3, 0.4) is 0 Å². The molecule has 134 valence electrons. The molecule has 1 unspecified atom stereocenters. The third-order valence-corrected chi connectivity index (χ3v) is 4.42. The van der Waals surface area contributed by atoms with Crippen LogP contribution in [0.2, 0.25) is 0 Å². The van der Waals surface area contributed by atoms with Gasteiger partial charge in [-0.25, -0.2) is 0 Å². The van der Waals surface area contributed by atoms with Crippen molar-refractivity contribution in [1.29, 1.82) is 0 Å². The molecule has 0 spiro atoms. The Morgan fingerprint density at radius 1 is 1.12 bits per heavy atom. The van der Waals surface area contributed by atoms with Crippen LogP contribution in [0.15, 0.2) is 18.2 Å². The van der Waals surface area contributed by atoms with E-state index in [2.05, 4.69) is 4.18 Å². The Morgan fingerprint density at radius 3 is 2.29 bits per heavy atom. The lowest BCUT2D eigenvalue weighted by Gasteiger charge is -2.24. The second-order valence-corrected chi connectivity index (χ2v) is 6.76. The van der Waals surface area contributed by atoms with Crippen molar-refractivity contribution in [3.8, 4) is 5.75 Å². The van der Waals surface area contributed by atoms with Gasteiger partial charge in [0, 0.05) is 11.5 Å². The van der Waals surface area contributed by atoms with Gasteiger partial charge in [0.1, 0.15) is 5.75 Å². The summed E-state index contributed by atoms with van der Waals surface area (Å²) in [6.45, 7) is 0. The van der Waals surface area contributed by atoms with Crippen molar-refractivity contribution in [1.82, 2.24) is 0 Å². The van der Waals surface area contributed by atoms with E-state index in [0.29, 0.717) is 0 Å². The van der Waals surface area contributed by atoms with Gasteiger partial charge in [-0.3, -0.25) is 4.79 Å². The first-order chi connectivity index (χ1) is 10.8. The molecule has 0 saturated heterocycles. The monoisotopic (exact) mass is 376 g/mol. The molecule has 2 rings (SSSR count). The number of Topliss-reactive ketones (excluding diaryl/α,β-unsaturated/α-hetero) is 1. The summed E-state index contributed by atoms with van der Waals surface area (Å²) in [5.41, 5.74) is -5.54. The van der Waals surface area contributed by atoms with Crippen molar-refractivity contribution in [2.24, 2.45) is 5.92 Å². The first-order valence-corrected chi connectivity index (χ1v) is 7.95. The summed E-state index contributed by atoms with van der Waals surface area (Å²) >= 11 is 0. The van der Waals surface area contributed by atoms with Crippen LogP contribution in [0.5, 0.6) is 5.75 Å². The molecule has 4 nitrogen and oxygen atoms in total. The highest BCUT2D eigenvalue weighted by atomic mass is 32.2. The van der Waals surface area contributed by atoms with Gasteiger partial charge in [-0.05, 0) is 36.6 Å². The highest BCUT2D eigenvalue weighted by molar-refractivity contribution is 7.88. The van der Waals surface area contributed by atoms with Crippen molar-refractivity contribution in [3.63, 3.8) is 0 Å². The number of fused-ring (bicyclic) bond motifs is 1. The van der Waals surface area contributed by atoms with Crippen molar-refractivity contribution < 1.29 is 43.7 Å². The number of rotatable bonds is 3. The molecule has 0 saturated carbocycles. The molecule has 24 heavy (non-hydrogen) atoms. The van der Waals surface area contributed by atoms with Gasteiger partial charge in [-0.1, -0.05) is 0 Å². The maximum atomic E-state index is 12.4. The van der Waals surface area contributed by atoms with Crippen LogP contribution >= 0.6 is 0 Å². The van der Waals surface area contributed by atoms with E-state index >= 15 is 0 Å². The molecule has 0 fully saturated rings. The third kappa shape index (κ3) is 4.00. The third-order valence-electron chi connectivity index (χ3n) is 3.44. The molecular formula is C13H10F6O4S. The molecule has 1 atom stereocenters. The molecular weight excluding hydrogens is 366 g/mol. The van der Waals surface area contributed by atoms with Crippen molar-refractivity contribution >= 4 is 15.9 Å². The minimum Gasteiger partial charge on any atom is -0.376 e. The second kappa shape index (κ2) is 5.94. The van der Waals surface area contributed by atoms with E-state index in [1.807, 2.05) is 0 Å². The van der Waals surface area contributed by atoms with Gasteiger partial charge in [0.05, 0.1) is 6.42 Å². The zero-order chi connectivity index (χ0) is 18.3. The largest absolute Gasteiger partial charge is 0.534 e. The van der Waals surface area contributed by atoms with Crippen LogP contribution in [0.4, 0.5) is 26.3 Å². The summed E-state index contributed by atoms with van der Waals surface area (Å²) in [7, 11) is -5.86. The minimum absolute atomic E-state index is 0.00884. The summed E-state index contributed by atoms with van der Waals surface area (Å²) < 4.78 is 99.8. The summed E-state index contributed by atoms with van der Waals surface area (Å²) in [6, 6.07) is 2.69. The standard InChI is InChI=1S/C13H10F6O4S/c14-12(15,16)6-8-2-1-7-5-9(3-4-10(7)11(8)20)23-24(21,22)13(17,18)19/h3-5,8H,1-2,6H2. The van der Waals surface area contributed by atoms with Gasteiger partial charge in [-0.2, -0.15) is 34.8 Å². The Kier molecular flexibility index (Phi) is 4.59. The Bertz CT molecular complexity index is 751. The van der Waals surface area contributed by atoms with Crippen LogP contribution in [-0.4, -0.2) is 25.9 Å². The fraction of sp³-hybridized carbons (Fsp3) is 0.462. The van der Waals surface area contributed by atoms with Crippen LogP contribution in [0.1, 0.15) is 28.8 Å². The Morgan fingerprint density at radius 2 is 1.75 bits per heavy atom. The molecule has 0 bridgehead atoms. The lowest BCUT2D eigenvalue weighted by Crippen LogP contribution is -2.29. The Labute approximate surface area is 132 Å². The SMILES string of the molecule is O=C1c2ccc(OS(=O)(=O)C(F)(F)F)cc2CCC1CC(F)(F)F. The van der Waals surface area contributed by atoms with Crippen molar-refractivity contribution in [3.05, 3.63) is 29.3 Å². The van der Waals surface area contributed by atoms with E-state index in [4.69, 9.17) is 0 Å². The number of halogens is 6. The van der Waals surface area contributed by atoms with Crippen molar-refractivity contribution in [2.45, 2.75) is 30.9 Å². The van der Waals surface area contributed by atoms with Gasteiger partial charge >= 0.3 is 21.8 Å². The Hall–Kier alpha value is -1.78. The van der Waals surface area contributed by atoms with E-state index in [-0.39, 0.29) is 24.0 Å². The first-order valence-electron chi connectivity index (χ1n) is 6.55. The first kappa shape index (κ1) is 18.6. The maximum Gasteiger partial charge on any atom is 0.534 e. The molecule has 0 radical (unpaired) electrons. The normalized spacial score (nSPS) is 19.1. The average Bonchev–Trinajstić information content (AvgIpc) is 2.39. The second-order valence-electron chi connectivity index (χ2n) is 5.22. The van der Waals surface area contributed by atoms with E-state index in [0.717, 1.165) is 18.2 Å². The number of alkyl halides is 6. The number of hydrogen-bond acceptors (Lipinski definition) is 4. The quantitative estimate of drug-likeness (QED) is 0.459. The highest BCUT2D eigenvalue weighted by Crippen LogP contribution is 2.36. The fourth-order valence-corrected chi connectivity index (χ4v) is 2.85. The zero-order valence-corrected chi connectivity index (χ0v) is 12.6. The van der Waals surface area contributed by atoms with E-state index < -0.39 is 45.7 Å². The van der Waals surface area contributed by atoms with Gasteiger partial charge < -0.3 is 4.18 Å². The predicted molar refractivity (Wildman–Crippen MR) is 68.9 cm³/mol. The van der Waals surface area contributed by atoms with Crippen LogP contribution in [0, 0.1) is 5.92 Å². The number of carbonyl (C=O) groups is 1. The van der Waals surface area contributed by atoms with Gasteiger partial charge in [-0.15, -0.1) is 0 Å². The molecule has 1 aliphatic carbocycles. The summed E-state index contributed by atoms with van der Waals surface area (Å²) in [5.74, 6) is -2.70. The molecule has 1 aromatic rings. The Balaban J connectivity index is 2.24. The summed E-state index contributed by atoms with van der Waals surface area (Å²) in [6.07, 6.45) is -5.94. The maximum absolute atomic E-state index is 12.4. The molecule has 0 aromatic heterocycles. The number of ketones is 1. The zero-order valence-electron chi connectivity index (χ0n) is 11.7. The van der Waals surface area contributed by atoms with Gasteiger partial charge in [0.15, 0.2) is 5.78 Å². The smallest absolute Gasteiger partial charge is 0.376 e. The number of hydrogen-bond donors (Lipinski definition) is 0. The van der Waals surface area contributed by atoms with Crippen LogP contribution < -0.4 is 4.18 Å². The number of carbonyl (C=O) groups excluding carboxylic acids is 1. The topological polar surface area (TPSA) is 60.4 Å². The number of benzene rings is 1. The van der Waals surface area contributed by atoms with Crippen molar-refractivity contribution in [2.75, 3.05) is 0 Å². The van der Waals surface area contributed by atoms with E-state index in [1.165, 1.54) is 0 Å². The van der Waals surface area contributed by atoms with E-state index in [1.54, 1.807) is 0 Å². The number of aryl methyl sites for hydroxylation is 1. The lowest BCUT2D eigenvalue weighted by molar-refractivity contribution is -0.141. The van der Waals surface area contributed by atoms with E-state index in [9.17, 15) is 39.6 Å². The summed E-state index contributed by atoms with van der Waals surface area (Å²) in [5, 5.41) is 0. The predicted octanol–water partition coefficient (Wildman–Crippen LogP) is 3.61. The summed E-state index contributed by atoms with van der Waals surface area (Å²) in [4.78, 5) is 12.0. The molecule has 1 aliphatic rings. The van der Waals surface area contributed by atoms with Crippen LogP contribution in [0.25, 0.3) is 0 Å². The average molecular weight is 376 g/mol.